The second-order valence-corrected chi connectivity index (χ2v) is 7.95. The number of ether oxygens (including phenoxy) is 2. The highest BCUT2D eigenvalue weighted by Crippen LogP contribution is 2.53. The van der Waals surface area contributed by atoms with Crippen LogP contribution in [0.4, 0.5) is 0 Å². The van der Waals surface area contributed by atoms with Gasteiger partial charge in [0.15, 0.2) is 0 Å². The highest BCUT2D eigenvalue weighted by atomic mass is 35.5. The van der Waals surface area contributed by atoms with Crippen LogP contribution in [0.5, 0.6) is 0 Å². The van der Waals surface area contributed by atoms with Crippen molar-refractivity contribution >= 4 is 35.1 Å². The van der Waals surface area contributed by atoms with E-state index in [0.29, 0.717) is 12.0 Å². The summed E-state index contributed by atoms with van der Waals surface area (Å²) < 4.78 is 11.3. The molecule has 4 atom stereocenters. The molecule has 0 unspecified atom stereocenters. The largest absolute Gasteiger partial charge is 0.458 e. The molecule has 0 aromatic carbocycles. The van der Waals surface area contributed by atoms with E-state index in [1.54, 1.807) is 0 Å². The molecule has 0 radical (unpaired) electrons. The van der Waals surface area contributed by atoms with Gasteiger partial charge >= 0.3 is 11.9 Å². The molecule has 1 saturated heterocycles. The van der Waals surface area contributed by atoms with Crippen LogP contribution in [0.2, 0.25) is 0 Å². The molecule has 1 saturated carbocycles. The molecule has 0 aromatic rings. The van der Waals surface area contributed by atoms with Crippen molar-refractivity contribution in [2.75, 3.05) is 0 Å². The van der Waals surface area contributed by atoms with E-state index in [1.807, 2.05) is 6.92 Å². The lowest BCUT2D eigenvalue weighted by atomic mass is 9.79. The van der Waals surface area contributed by atoms with Crippen LogP contribution in [-0.2, 0) is 19.1 Å². The standard InChI is InChI=1S/C17H20Cl2O4/c1-8-4-5-11-9(2)15(20)22-13(11)12-10(8)6-7-17(12,3)23-16(21)14(18)19/h11-14H,2,4-7H2,1,3H3/t11-,12-,13-,17+/m0/s1. The van der Waals surface area contributed by atoms with Gasteiger partial charge in [0.1, 0.15) is 11.7 Å². The molecule has 0 spiro atoms. The Balaban J connectivity index is 1.99. The maximum atomic E-state index is 12.0. The maximum absolute atomic E-state index is 12.0. The van der Waals surface area contributed by atoms with Crippen LogP contribution >= 0.6 is 23.2 Å². The van der Waals surface area contributed by atoms with Gasteiger partial charge in [0.25, 0.3) is 0 Å². The van der Waals surface area contributed by atoms with Gasteiger partial charge < -0.3 is 9.47 Å². The van der Waals surface area contributed by atoms with Gasteiger partial charge in [-0.05, 0) is 39.5 Å². The van der Waals surface area contributed by atoms with Gasteiger partial charge in [0.05, 0.1) is 5.92 Å². The SMILES string of the molecule is C=C1C(=O)O[C@H]2[C@H]1CCC(C)=C1CC[C@@](C)(OC(=O)C(Cl)Cl)[C@@H]12. The summed E-state index contributed by atoms with van der Waals surface area (Å²) in [5.74, 6) is -1.18. The Kier molecular flexibility index (Phi) is 4.26. The van der Waals surface area contributed by atoms with Gasteiger partial charge in [-0.25, -0.2) is 9.59 Å². The number of rotatable bonds is 2. The van der Waals surface area contributed by atoms with Crippen molar-refractivity contribution in [2.45, 2.75) is 56.1 Å². The van der Waals surface area contributed by atoms with E-state index < -0.39 is 16.4 Å². The maximum Gasteiger partial charge on any atom is 0.340 e. The first-order valence-electron chi connectivity index (χ1n) is 7.84. The van der Waals surface area contributed by atoms with E-state index in [9.17, 15) is 9.59 Å². The molecular weight excluding hydrogens is 339 g/mol. The number of fused-ring (bicyclic) bond motifs is 3. The molecule has 126 valence electrons. The van der Waals surface area contributed by atoms with Crippen molar-refractivity contribution in [2.24, 2.45) is 11.8 Å². The van der Waals surface area contributed by atoms with E-state index in [2.05, 4.69) is 13.5 Å². The van der Waals surface area contributed by atoms with Crippen LogP contribution in [0.3, 0.4) is 0 Å². The number of alkyl halides is 2. The van der Waals surface area contributed by atoms with Crippen molar-refractivity contribution in [1.82, 2.24) is 0 Å². The zero-order chi connectivity index (χ0) is 16.9. The fourth-order valence-corrected chi connectivity index (χ4v) is 4.37. The van der Waals surface area contributed by atoms with E-state index in [-0.39, 0.29) is 23.9 Å². The zero-order valence-electron chi connectivity index (χ0n) is 13.2. The van der Waals surface area contributed by atoms with E-state index in [4.69, 9.17) is 32.7 Å². The zero-order valence-corrected chi connectivity index (χ0v) is 14.7. The molecule has 3 rings (SSSR count). The normalized spacial score (nSPS) is 36.7. The Hall–Kier alpha value is -1.000. The minimum Gasteiger partial charge on any atom is -0.458 e. The molecule has 1 aliphatic heterocycles. The number of esters is 2. The number of hydrogen-bond acceptors (Lipinski definition) is 4. The third kappa shape index (κ3) is 2.70. The summed E-state index contributed by atoms with van der Waals surface area (Å²) in [6.07, 6.45) is 2.90. The van der Waals surface area contributed by atoms with E-state index in [0.717, 1.165) is 19.3 Å². The van der Waals surface area contributed by atoms with E-state index in [1.165, 1.54) is 11.1 Å². The molecule has 23 heavy (non-hydrogen) atoms. The number of hydrogen-bond donors (Lipinski definition) is 0. The number of halogens is 2. The van der Waals surface area contributed by atoms with Gasteiger partial charge in [0.2, 0.25) is 4.84 Å². The Labute approximate surface area is 145 Å². The molecule has 2 fully saturated rings. The number of carbonyl (C=O) groups is 2. The Morgan fingerprint density at radius 1 is 1.43 bits per heavy atom. The first-order chi connectivity index (χ1) is 10.7. The van der Waals surface area contributed by atoms with Crippen molar-refractivity contribution in [1.29, 1.82) is 0 Å². The van der Waals surface area contributed by atoms with Crippen LogP contribution in [0.1, 0.15) is 39.5 Å². The molecular formula is C17H20Cl2O4. The monoisotopic (exact) mass is 358 g/mol. The fraction of sp³-hybridized carbons (Fsp3) is 0.647. The van der Waals surface area contributed by atoms with Crippen molar-refractivity contribution < 1.29 is 19.1 Å². The molecule has 2 aliphatic carbocycles. The highest BCUT2D eigenvalue weighted by Gasteiger charge is 2.57. The minimum atomic E-state index is -1.22. The molecule has 4 nitrogen and oxygen atoms in total. The average Bonchev–Trinajstić information content (AvgIpc) is 2.89. The lowest BCUT2D eigenvalue weighted by molar-refractivity contribution is -0.165. The smallest absolute Gasteiger partial charge is 0.340 e. The van der Waals surface area contributed by atoms with Gasteiger partial charge in [0, 0.05) is 11.5 Å². The molecule has 6 heteroatoms. The van der Waals surface area contributed by atoms with Crippen LogP contribution < -0.4 is 0 Å². The van der Waals surface area contributed by atoms with Gasteiger partial charge in [-0.3, -0.25) is 0 Å². The first-order valence-corrected chi connectivity index (χ1v) is 8.71. The predicted molar refractivity (Wildman–Crippen MR) is 87.2 cm³/mol. The quantitative estimate of drug-likeness (QED) is 0.326. The Bertz CT molecular complexity index is 610. The predicted octanol–water partition coefficient (Wildman–Crippen LogP) is 3.71. The van der Waals surface area contributed by atoms with Gasteiger partial charge in [-0.15, -0.1) is 0 Å². The summed E-state index contributed by atoms with van der Waals surface area (Å²) in [5, 5.41) is 0. The third-order valence-corrected chi connectivity index (χ3v) is 5.85. The second kappa shape index (κ2) is 5.82. The Morgan fingerprint density at radius 2 is 2.13 bits per heavy atom. The van der Waals surface area contributed by atoms with Crippen molar-refractivity contribution in [3.63, 3.8) is 0 Å². The summed E-state index contributed by atoms with van der Waals surface area (Å²) in [5.41, 5.74) is 2.28. The van der Waals surface area contributed by atoms with Crippen LogP contribution in [-0.4, -0.2) is 28.5 Å². The Morgan fingerprint density at radius 3 is 2.78 bits per heavy atom. The molecule has 0 N–H and O–H groups in total. The molecule has 1 heterocycles. The fourth-order valence-electron chi connectivity index (χ4n) is 4.28. The average molecular weight is 359 g/mol. The summed E-state index contributed by atoms with van der Waals surface area (Å²) in [6.45, 7) is 7.88. The third-order valence-electron chi connectivity index (χ3n) is 5.49. The van der Waals surface area contributed by atoms with Crippen molar-refractivity contribution in [3.8, 4) is 0 Å². The van der Waals surface area contributed by atoms with E-state index >= 15 is 0 Å². The first kappa shape index (κ1) is 16.8. The topological polar surface area (TPSA) is 52.6 Å². The number of carbonyl (C=O) groups excluding carboxylic acids is 2. The van der Waals surface area contributed by atoms with Crippen LogP contribution in [0, 0.1) is 11.8 Å². The van der Waals surface area contributed by atoms with Crippen molar-refractivity contribution in [3.05, 3.63) is 23.3 Å². The second-order valence-electron chi connectivity index (χ2n) is 6.86. The highest BCUT2D eigenvalue weighted by molar-refractivity contribution is 6.52. The van der Waals surface area contributed by atoms with Crippen LogP contribution in [0.25, 0.3) is 0 Å². The summed E-state index contributed by atoms with van der Waals surface area (Å²) in [6, 6.07) is 0. The van der Waals surface area contributed by atoms with Gasteiger partial charge in [-0.2, -0.15) is 0 Å². The summed E-state index contributed by atoms with van der Waals surface area (Å²) >= 11 is 11.3. The molecule has 3 aliphatic rings. The molecule has 0 amide bonds. The van der Waals surface area contributed by atoms with Gasteiger partial charge in [-0.1, -0.05) is 40.9 Å². The van der Waals surface area contributed by atoms with Crippen LogP contribution in [0.15, 0.2) is 23.3 Å². The number of allylic oxidation sites excluding steroid dienone is 1. The summed E-state index contributed by atoms with van der Waals surface area (Å²) in [7, 11) is 0. The molecule has 0 bridgehead atoms. The molecule has 0 aromatic heterocycles. The minimum absolute atomic E-state index is 0.0288. The summed E-state index contributed by atoms with van der Waals surface area (Å²) in [4.78, 5) is 22.7. The lowest BCUT2D eigenvalue weighted by Gasteiger charge is -2.36. The lowest BCUT2D eigenvalue weighted by Crippen LogP contribution is -2.44.